The second-order valence-corrected chi connectivity index (χ2v) is 6.40. The maximum atomic E-state index is 11.4. The molecule has 5 heteroatoms. The van der Waals surface area contributed by atoms with Crippen molar-refractivity contribution in [3.05, 3.63) is 0 Å². The molecule has 0 saturated heterocycles. The second-order valence-electron chi connectivity index (χ2n) is 6.40. The third kappa shape index (κ3) is 4.92. The highest BCUT2D eigenvalue weighted by atomic mass is 16.3. The van der Waals surface area contributed by atoms with E-state index in [1.54, 1.807) is 0 Å². The van der Waals surface area contributed by atoms with E-state index in [-0.39, 0.29) is 23.4 Å². The Morgan fingerprint density at radius 3 is 2.39 bits per heavy atom. The predicted molar refractivity (Wildman–Crippen MR) is 69.8 cm³/mol. The van der Waals surface area contributed by atoms with Crippen molar-refractivity contribution in [2.75, 3.05) is 0 Å². The molecule has 0 aromatic rings. The van der Waals surface area contributed by atoms with Gasteiger partial charge in [-0.3, -0.25) is 4.79 Å². The highest BCUT2D eigenvalue weighted by Gasteiger charge is 2.31. The highest BCUT2D eigenvalue weighted by molar-refractivity contribution is 5.79. The van der Waals surface area contributed by atoms with Crippen molar-refractivity contribution >= 4 is 5.91 Å². The first-order valence-corrected chi connectivity index (χ1v) is 6.62. The number of amides is 1. The summed E-state index contributed by atoms with van der Waals surface area (Å²) >= 11 is 0. The van der Waals surface area contributed by atoms with Crippen molar-refractivity contribution in [1.29, 1.82) is 0 Å². The fourth-order valence-electron chi connectivity index (χ4n) is 2.53. The Kier molecular flexibility index (Phi) is 5.13. The Labute approximate surface area is 109 Å². The van der Waals surface area contributed by atoms with Crippen LogP contribution in [0.15, 0.2) is 0 Å². The lowest BCUT2D eigenvalue weighted by Gasteiger charge is -2.34. The Balaban J connectivity index is 2.54. The molecule has 4 atom stereocenters. The van der Waals surface area contributed by atoms with E-state index in [9.17, 15) is 15.0 Å². The van der Waals surface area contributed by atoms with Gasteiger partial charge in [-0.2, -0.15) is 0 Å². The van der Waals surface area contributed by atoms with Gasteiger partial charge < -0.3 is 21.3 Å². The van der Waals surface area contributed by atoms with Gasteiger partial charge in [0.15, 0.2) is 0 Å². The van der Waals surface area contributed by atoms with E-state index < -0.39 is 12.2 Å². The molecule has 0 aromatic heterocycles. The van der Waals surface area contributed by atoms with Crippen LogP contribution in [0.3, 0.4) is 0 Å². The van der Waals surface area contributed by atoms with Crippen molar-refractivity contribution in [2.45, 2.75) is 70.2 Å². The minimum absolute atomic E-state index is 0.174. The van der Waals surface area contributed by atoms with Crippen LogP contribution in [-0.2, 0) is 4.79 Å². The molecular formula is C13H26N2O3. The molecule has 106 valence electrons. The lowest BCUT2D eigenvalue weighted by atomic mass is 9.81. The van der Waals surface area contributed by atoms with Crippen LogP contribution in [0.25, 0.3) is 0 Å². The summed E-state index contributed by atoms with van der Waals surface area (Å²) in [6.07, 6.45) is 1.28. The van der Waals surface area contributed by atoms with E-state index in [0.29, 0.717) is 19.3 Å². The number of carbonyl (C=O) groups is 1. The minimum Gasteiger partial charge on any atom is -0.390 e. The maximum absolute atomic E-state index is 11.4. The molecule has 0 aromatic carbocycles. The molecule has 1 saturated carbocycles. The monoisotopic (exact) mass is 258 g/mol. The maximum Gasteiger partial charge on any atom is 0.234 e. The standard InChI is InChI=1S/C13H26N2O3/c1-13(2,3)15-9(12(14)18)6-8-4-5-10(16)11(17)7-8/h8-11,15-17H,4-7H2,1-3H3,(H2,14,18)/t8?,9-,10?,11-/m0/s1. The summed E-state index contributed by atoms with van der Waals surface area (Å²) < 4.78 is 0. The molecule has 0 bridgehead atoms. The van der Waals surface area contributed by atoms with E-state index in [4.69, 9.17) is 5.73 Å². The van der Waals surface area contributed by atoms with Crippen molar-refractivity contribution in [3.63, 3.8) is 0 Å². The molecule has 0 heterocycles. The molecule has 1 aliphatic carbocycles. The van der Waals surface area contributed by atoms with E-state index >= 15 is 0 Å². The number of rotatable bonds is 4. The average Bonchev–Trinajstić information content (AvgIpc) is 2.20. The Bertz CT molecular complexity index is 288. The zero-order valence-electron chi connectivity index (χ0n) is 11.5. The zero-order valence-corrected chi connectivity index (χ0v) is 11.5. The van der Waals surface area contributed by atoms with Gasteiger partial charge in [-0.1, -0.05) is 0 Å². The summed E-state index contributed by atoms with van der Waals surface area (Å²) in [6.45, 7) is 5.97. The van der Waals surface area contributed by atoms with E-state index in [2.05, 4.69) is 5.32 Å². The van der Waals surface area contributed by atoms with Crippen molar-refractivity contribution in [2.24, 2.45) is 11.7 Å². The molecule has 5 N–H and O–H groups in total. The number of hydrogen-bond acceptors (Lipinski definition) is 4. The lowest BCUT2D eigenvalue weighted by molar-refractivity contribution is -0.121. The lowest BCUT2D eigenvalue weighted by Crippen LogP contribution is -2.51. The first kappa shape index (κ1) is 15.4. The Hall–Kier alpha value is -0.650. The van der Waals surface area contributed by atoms with Crippen LogP contribution in [0.2, 0.25) is 0 Å². The Morgan fingerprint density at radius 2 is 1.94 bits per heavy atom. The molecule has 0 radical (unpaired) electrons. The number of aliphatic hydroxyl groups is 2. The highest BCUT2D eigenvalue weighted by Crippen LogP contribution is 2.28. The molecule has 0 spiro atoms. The smallest absolute Gasteiger partial charge is 0.234 e. The number of carbonyl (C=O) groups excluding carboxylic acids is 1. The van der Waals surface area contributed by atoms with Crippen LogP contribution < -0.4 is 11.1 Å². The topological polar surface area (TPSA) is 95.6 Å². The number of primary amides is 1. The second kappa shape index (κ2) is 5.99. The summed E-state index contributed by atoms with van der Waals surface area (Å²) in [7, 11) is 0. The van der Waals surface area contributed by atoms with Crippen molar-refractivity contribution < 1.29 is 15.0 Å². The van der Waals surface area contributed by atoms with E-state index in [1.165, 1.54) is 0 Å². The molecule has 5 nitrogen and oxygen atoms in total. The number of nitrogens with one attached hydrogen (secondary N) is 1. The molecule has 1 fully saturated rings. The molecule has 2 unspecified atom stereocenters. The van der Waals surface area contributed by atoms with E-state index in [1.807, 2.05) is 20.8 Å². The van der Waals surface area contributed by atoms with Gasteiger partial charge in [0.05, 0.1) is 18.2 Å². The number of aliphatic hydroxyl groups excluding tert-OH is 2. The first-order chi connectivity index (χ1) is 8.19. The summed E-state index contributed by atoms with van der Waals surface area (Å²) in [5, 5.41) is 22.3. The summed E-state index contributed by atoms with van der Waals surface area (Å²) in [6, 6.07) is -0.377. The SMILES string of the molecule is CC(C)(C)N[C@@H](CC1CCC(O)[C@@H](O)C1)C(N)=O. The van der Waals surface area contributed by atoms with Crippen LogP contribution in [0, 0.1) is 5.92 Å². The van der Waals surface area contributed by atoms with Gasteiger partial charge in [-0.25, -0.2) is 0 Å². The molecule has 1 rings (SSSR count). The van der Waals surface area contributed by atoms with Crippen LogP contribution >= 0.6 is 0 Å². The van der Waals surface area contributed by atoms with Gasteiger partial charge in [0.1, 0.15) is 0 Å². The Morgan fingerprint density at radius 1 is 1.33 bits per heavy atom. The number of hydrogen-bond donors (Lipinski definition) is 4. The normalized spacial score (nSPS) is 31.1. The van der Waals surface area contributed by atoms with Crippen LogP contribution in [-0.4, -0.2) is 39.9 Å². The van der Waals surface area contributed by atoms with Gasteiger partial charge in [0.2, 0.25) is 5.91 Å². The first-order valence-electron chi connectivity index (χ1n) is 6.62. The minimum atomic E-state index is -0.674. The summed E-state index contributed by atoms with van der Waals surface area (Å²) in [5.41, 5.74) is 5.24. The van der Waals surface area contributed by atoms with Gasteiger partial charge in [-0.05, 0) is 52.4 Å². The molecule has 18 heavy (non-hydrogen) atoms. The van der Waals surface area contributed by atoms with Crippen LogP contribution in [0.5, 0.6) is 0 Å². The summed E-state index contributed by atoms with van der Waals surface area (Å²) in [5.74, 6) is -0.124. The van der Waals surface area contributed by atoms with Gasteiger partial charge in [-0.15, -0.1) is 0 Å². The van der Waals surface area contributed by atoms with E-state index in [0.717, 1.165) is 6.42 Å². The fraction of sp³-hybridized carbons (Fsp3) is 0.923. The van der Waals surface area contributed by atoms with Crippen LogP contribution in [0.4, 0.5) is 0 Å². The van der Waals surface area contributed by atoms with Gasteiger partial charge >= 0.3 is 0 Å². The molecular weight excluding hydrogens is 232 g/mol. The van der Waals surface area contributed by atoms with Crippen molar-refractivity contribution in [1.82, 2.24) is 5.32 Å². The van der Waals surface area contributed by atoms with Gasteiger partial charge in [0.25, 0.3) is 0 Å². The molecule has 1 amide bonds. The molecule has 0 aliphatic heterocycles. The molecule has 1 aliphatic rings. The third-order valence-electron chi connectivity index (χ3n) is 3.41. The van der Waals surface area contributed by atoms with Crippen molar-refractivity contribution in [3.8, 4) is 0 Å². The van der Waals surface area contributed by atoms with Crippen LogP contribution in [0.1, 0.15) is 46.5 Å². The summed E-state index contributed by atoms with van der Waals surface area (Å²) in [4.78, 5) is 11.4. The predicted octanol–water partition coefficient (Wildman–Crippen LogP) is 0.140. The quantitative estimate of drug-likeness (QED) is 0.577. The average molecular weight is 258 g/mol. The third-order valence-corrected chi connectivity index (χ3v) is 3.41. The largest absolute Gasteiger partial charge is 0.390 e. The fourth-order valence-corrected chi connectivity index (χ4v) is 2.53. The van der Waals surface area contributed by atoms with Gasteiger partial charge in [0, 0.05) is 5.54 Å². The zero-order chi connectivity index (χ0) is 13.9. The number of nitrogens with two attached hydrogens (primary N) is 1.